The van der Waals surface area contributed by atoms with E-state index in [2.05, 4.69) is 5.32 Å². The van der Waals surface area contributed by atoms with Gasteiger partial charge in [-0.3, -0.25) is 19.3 Å². The van der Waals surface area contributed by atoms with Crippen LogP contribution in [0.2, 0.25) is 0 Å². The standard InChI is InChI=1S/C18H23N3O6/c1-12(22)21-6-4-20(5-7-21)10-13(18(24)25)8-17(23)19-14-2-3-15-16(9-14)27-11-26-15/h2-3,9,13H,4-8,10-11H2,1H3,(H,19,23)(H,24,25)/t13-/m0/s1. The zero-order valence-electron chi connectivity index (χ0n) is 15.1. The minimum atomic E-state index is -1.01. The average molecular weight is 377 g/mol. The van der Waals surface area contributed by atoms with Gasteiger partial charge in [-0.1, -0.05) is 0 Å². The summed E-state index contributed by atoms with van der Waals surface area (Å²) in [4.78, 5) is 39.0. The van der Waals surface area contributed by atoms with Crippen molar-refractivity contribution in [2.45, 2.75) is 13.3 Å². The Morgan fingerprint density at radius 1 is 1.15 bits per heavy atom. The van der Waals surface area contributed by atoms with Crippen molar-refractivity contribution >= 4 is 23.5 Å². The molecular weight excluding hydrogens is 354 g/mol. The van der Waals surface area contributed by atoms with E-state index in [1.807, 2.05) is 4.90 Å². The van der Waals surface area contributed by atoms with Gasteiger partial charge in [-0.2, -0.15) is 0 Å². The number of amides is 2. The lowest BCUT2D eigenvalue weighted by atomic mass is 10.0. The van der Waals surface area contributed by atoms with Gasteiger partial charge >= 0.3 is 5.97 Å². The van der Waals surface area contributed by atoms with Gasteiger partial charge in [0, 0.05) is 57.8 Å². The van der Waals surface area contributed by atoms with Crippen LogP contribution < -0.4 is 14.8 Å². The van der Waals surface area contributed by atoms with Gasteiger partial charge in [0.25, 0.3) is 0 Å². The molecule has 3 rings (SSSR count). The van der Waals surface area contributed by atoms with Crippen LogP contribution in [0.15, 0.2) is 18.2 Å². The molecule has 1 aromatic carbocycles. The van der Waals surface area contributed by atoms with Gasteiger partial charge in [-0.25, -0.2) is 0 Å². The van der Waals surface area contributed by atoms with Crippen molar-refractivity contribution in [2.75, 3.05) is 44.8 Å². The van der Waals surface area contributed by atoms with Gasteiger partial charge in [0.05, 0.1) is 5.92 Å². The van der Waals surface area contributed by atoms with E-state index in [9.17, 15) is 19.5 Å². The zero-order chi connectivity index (χ0) is 19.4. The SMILES string of the molecule is CC(=O)N1CCN(C[C@H](CC(=O)Nc2ccc3c(c2)OCO3)C(=O)O)CC1. The molecule has 27 heavy (non-hydrogen) atoms. The maximum atomic E-state index is 12.3. The summed E-state index contributed by atoms with van der Waals surface area (Å²) < 4.78 is 10.5. The maximum Gasteiger partial charge on any atom is 0.308 e. The molecule has 1 aromatic rings. The number of carbonyl (C=O) groups is 3. The molecule has 2 amide bonds. The van der Waals surface area contributed by atoms with Gasteiger partial charge in [0.15, 0.2) is 11.5 Å². The van der Waals surface area contributed by atoms with Crippen LogP contribution in [0.1, 0.15) is 13.3 Å². The Bertz CT molecular complexity index is 730. The summed E-state index contributed by atoms with van der Waals surface area (Å²) in [5, 5.41) is 12.2. The Morgan fingerprint density at radius 2 is 1.85 bits per heavy atom. The summed E-state index contributed by atoms with van der Waals surface area (Å²) in [7, 11) is 0. The first-order valence-electron chi connectivity index (χ1n) is 8.82. The number of carboxylic acids is 1. The molecule has 0 aliphatic carbocycles. The van der Waals surface area contributed by atoms with Crippen molar-refractivity contribution in [1.82, 2.24) is 9.80 Å². The first-order chi connectivity index (χ1) is 12.9. The number of carbonyl (C=O) groups excluding carboxylic acids is 2. The van der Waals surface area contributed by atoms with Crippen LogP contribution in [0.3, 0.4) is 0 Å². The molecule has 1 saturated heterocycles. The fraction of sp³-hybridized carbons (Fsp3) is 0.500. The monoisotopic (exact) mass is 377 g/mol. The molecule has 0 aromatic heterocycles. The molecule has 0 saturated carbocycles. The van der Waals surface area contributed by atoms with Crippen LogP contribution in [-0.4, -0.2) is 72.2 Å². The van der Waals surface area contributed by atoms with Gasteiger partial charge in [-0.15, -0.1) is 0 Å². The van der Waals surface area contributed by atoms with Crippen LogP contribution in [0.4, 0.5) is 5.69 Å². The number of hydrogen-bond donors (Lipinski definition) is 2. The Kier molecular flexibility index (Phi) is 5.80. The molecule has 2 aliphatic rings. The molecule has 146 valence electrons. The molecule has 1 fully saturated rings. The van der Waals surface area contributed by atoms with Gasteiger partial charge in [0.1, 0.15) is 0 Å². The summed E-state index contributed by atoms with van der Waals surface area (Å²) in [5.74, 6) is -1.02. The van der Waals surface area contributed by atoms with E-state index >= 15 is 0 Å². The van der Waals surface area contributed by atoms with Crippen molar-refractivity contribution in [3.05, 3.63) is 18.2 Å². The predicted molar refractivity (Wildman–Crippen MR) is 95.6 cm³/mol. The number of rotatable bonds is 6. The summed E-state index contributed by atoms with van der Waals surface area (Å²) in [6, 6.07) is 5.03. The lowest BCUT2D eigenvalue weighted by molar-refractivity contribution is -0.144. The first kappa shape index (κ1) is 19.0. The number of nitrogens with zero attached hydrogens (tertiary/aromatic N) is 2. The van der Waals surface area contributed by atoms with E-state index in [-0.39, 0.29) is 31.6 Å². The third-order valence-corrected chi connectivity index (χ3v) is 4.73. The number of piperazine rings is 1. The summed E-state index contributed by atoms with van der Waals surface area (Å²) in [5.41, 5.74) is 0.531. The fourth-order valence-corrected chi connectivity index (χ4v) is 3.20. The van der Waals surface area contributed by atoms with Crippen molar-refractivity contribution in [3.63, 3.8) is 0 Å². The van der Waals surface area contributed by atoms with E-state index in [0.717, 1.165) is 0 Å². The Labute approximate surface area is 156 Å². The molecule has 0 radical (unpaired) electrons. The normalized spacial score (nSPS) is 17.4. The third kappa shape index (κ3) is 4.88. The lowest BCUT2D eigenvalue weighted by Gasteiger charge is -2.35. The largest absolute Gasteiger partial charge is 0.481 e. The minimum absolute atomic E-state index is 0.0209. The first-order valence-corrected chi connectivity index (χ1v) is 8.82. The number of aliphatic carboxylic acids is 1. The topological polar surface area (TPSA) is 108 Å². The number of nitrogens with one attached hydrogen (secondary N) is 1. The van der Waals surface area contributed by atoms with Crippen LogP contribution in [-0.2, 0) is 14.4 Å². The lowest BCUT2D eigenvalue weighted by Crippen LogP contribution is -2.50. The number of anilines is 1. The summed E-state index contributed by atoms with van der Waals surface area (Å²) in [6.45, 7) is 4.30. The fourth-order valence-electron chi connectivity index (χ4n) is 3.20. The van der Waals surface area contributed by atoms with E-state index in [0.29, 0.717) is 43.4 Å². The van der Waals surface area contributed by atoms with Crippen molar-refractivity contribution in [2.24, 2.45) is 5.92 Å². The molecule has 2 heterocycles. The predicted octanol–water partition coefficient (Wildman–Crippen LogP) is 0.609. The zero-order valence-corrected chi connectivity index (χ0v) is 15.1. The van der Waals surface area contributed by atoms with E-state index < -0.39 is 11.9 Å². The minimum Gasteiger partial charge on any atom is -0.481 e. The van der Waals surface area contributed by atoms with E-state index in [1.54, 1.807) is 23.1 Å². The highest BCUT2D eigenvalue weighted by Crippen LogP contribution is 2.34. The Balaban J connectivity index is 1.52. The molecule has 0 bridgehead atoms. The highest BCUT2D eigenvalue weighted by molar-refractivity contribution is 5.93. The highest BCUT2D eigenvalue weighted by Gasteiger charge is 2.27. The second-order valence-electron chi connectivity index (χ2n) is 6.66. The summed E-state index contributed by atoms with van der Waals surface area (Å²) in [6.07, 6.45) is -0.128. The highest BCUT2D eigenvalue weighted by atomic mass is 16.7. The molecule has 0 unspecified atom stereocenters. The molecule has 2 N–H and O–H groups in total. The van der Waals surface area contributed by atoms with Gasteiger partial charge in [0.2, 0.25) is 18.6 Å². The second-order valence-corrected chi connectivity index (χ2v) is 6.66. The van der Waals surface area contributed by atoms with Crippen molar-refractivity contribution in [1.29, 1.82) is 0 Å². The number of benzene rings is 1. The van der Waals surface area contributed by atoms with Crippen LogP contribution in [0, 0.1) is 5.92 Å². The molecule has 0 spiro atoms. The second kappa shape index (κ2) is 8.26. The third-order valence-electron chi connectivity index (χ3n) is 4.73. The number of ether oxygens (including phenoxy) is 2. The smallest absolute Gasteiger partial charge is 0.308 e. The summed E-state index contributed by atoms with van der Waals surface area (Å²) >= 11 is 0. The Hall–Kier alpha value is -2.81. The molecule has 1 atom stereocenters. The van der Waals surface area contributed by atoms with Crippen LogP contribution in [0.5, 0.6) is 11.5 Å². The Morgan fingerprint density at radius 3 is 2.52 bits per heavy atom. The van der Waals surface area contributed by atoms with Gasteiger partial charge in [-0.05, 0) is 12.1 Å². The quantitative estimate of drug-likeness (QED) is 0.748. The van der Waals surface area contributed by atoms with Gasteiger partial charge < -0.3 is 24.8 Å². The molecule has 9 heteroatoms. The molecular formula is C18H23N3O6. The molecule has 9 nitrogen and oxygen atoms in total. The number of fused-ring (bicyclic) bond motifs is 1. The molecule has 2 aliphatic heterocycles. The van der Waals surface area contributed by atoms with E-state index in [4.69, 9.17) is 9.47 Å². The van der Waals surface area contributed by atoms with Crippen molar-refractivity contribution in [3.8, 4) is 11.5 Å². The van der Waals surface area contributed by atoms with Crippen LogP contribution >= 0.6 is 0 Å². The van der Waals surface area contributed by atoms with Crippen molar-refractivity contribution < 1.29 is 29.0 Å². The van der Waals surface area contributed by atoms with Crippen LogP contribution in [0.25, 0.3) is 0 Å². The van der Waals surface area contributed by atoms with E-state index in [1.165, 1.54) is 6.92 Å². The number of hydrogen-bond acceptors (Lipinski definition) is 6. The maximum absolute atomic E-state index is 12.3. The average Bonchev–Trinajstić information content (AvgIpc) is 3.09. The number of carboxylic acid groups (broad SMARTS) is 1.